The average molecular weight is 381 g/mol. The van der Waals surface area contributed by atoms with Crippen LogP contribution < -0.4 is 10.6 Å². The maximum Gasteiger partial charge on any atom is 0.428 e. The van der Waals surface area contributed by atoms with Crippen molar-refractivity contribution in [2.45, 2.75) is 0 Å². The zero-order chi connectivity index (χ0) is 18.5. The molecule has 1 nitrogen and oxygen atoms in total. The van der Waals surface area contributed by atoms with E-state index in [9.17, 15) is 48.5 Å². The van der Waals surface area contributed by atoms with E-state index in [0.29, 0.717) is 0 Å². The predicted octanol–water partition coefficient (Wildman–Crippen LogP) is 3.86. The molecule has 128 valence electrons. The van der Waals surface area contributed by atoms with Gasteiger partial charge in [-0.25, -0.2) is 26.3 Å². The molecule has 0 aliphatic carbocycles. The molecule has 0 amide bonds. The summed E-state index contributed by atoms with van der Waals surface area (Å²) in [5.41, 5.74) is 0. The second-order valence-electron chi connectivity index (χ2n) is 4.13. The Morgan fingerprint density at radius 2 is 0.542 bits per heavy atom. The number of hydrogen-bond acceptors (Lipinski definition) is 1. The van der Waals surface area contributed by atoms with Gasteiger partial charge in [0.05, 0.1) is 0 Å². The van der Waals surface area contributed by atoms with Gasteiger partial charge in [0.1, 0.15) is 0 Å². The van der Waals surface area contributed by atoms with Gasteiger partial charge >= 0.3 is 7.80 Å². The normalized spacial score (nSPS) is 11.1. The molecule has 0 aliphatic rings. The van der Waals surface area contributed by atoms with Gasteiger partial charge in [-0.05, 0) is 0 Å². The topological polar surface area (TPSA) is 17.1 Å². The highest BCUT2D eigenvalue weighted by molar-refractivity contribution is 7.61. The standard InChI is InChI=1S/C12F10OP/c13-1-3(15)7(19)11(8(20)4(1)16)24(23)12-9(21)5(17)2(14)6(18)10(12)22/q+1. The summed E-state index contributed by atoms with van der Waals surface area (Å²) < 4.78 is 144. The van der Waals surface area contributed by atoms with Gasteiger partial charge in [-0.15, -0.1) is 0 Å². The molecular formula is C12F10OP+. The van der Waals surface area contributed by atoms with Gasteiger partial charge in [-0.2, -0.15) is 17.6 Å². The Balaban J connectivity index is 2.87. The van der Waals surface area contributed by atoms with Crippen molar-refractivity contribution in [2.24, 2.45) is 0 Å². The van der Waals surface area contributed by atoms with Crippen LogP contribution in [-0.4, -0.2) is 0 Å². The fraction of sp³-hybridized carbons (Fsp3) is 0. The van der Waals surface area contributed by atoms with E-state index in [1.807, 2.05) is 0 Å². The van der Waals surface area contributed by atoms with E-state index in [1.165, 1.54) is 0 Å². The molecule has 0 heterocycles. The molecule has 0 radical (unpaired) electrons. The van der Waals surface area contributed by atoms with E-state index in [1.54, 1.807) is 0 Å². The molecular weight excluding hydrogens is 381 g/mol. The van der Waals surface area contributed by atoms with Crippen molar-refractivity contribution in [3.8, 4) is 0 Å². The van der Waals surface area contributed by atoms with Gasteiger partial charge in [-0.1, -0.05) is 4.57 Å². The van der Waals surface area contributed by atoms with Crippen LogP contribution in [0.4, 0.5) is 43.9 Å². The summed E-state index contributed by atoms with van der Waals surface area (Å²) in [7, 11) is -4.39. The van der Waals surface area contributed by atoms with Crippen LogP contribution in [0.1, 0.15) is 0 Å². The molecule has 0 atom stereocenters. The molecule has 2 rings (SSSR count). The fourth-order valence-electron chi connectivity index (χ4n) is 1.66. The van der Waals surface area contributed by atoms with Gasteiger partial charge in [-0.3, -0.25) is 0 Å². The van der Waals surface area contributed by atoms with Crippen LogP contribution in [0, 0.1) is 58.2 Å². The average Bonchev–Trinajstić information content (AvgIpc) is 2.55. The Bertz CT molecular complexity index is 765. The van der Waals surface area contributed by atoms with Crippen LogP contribution in [-0.2, 0) is 4.57 Å². The smallest absolute Gasteiger partial charge is 0.200 e. The lowest BCUT2D eigenvalue weighted by atomic mass is 10.3. The highest BCUT2D eigenvalue weighted by atomic mass is 31.1. The van der Waals surface area contributed by atoms with Crippen molar-refractivity contribution >= 4 is 18.4 Å². The van der Waals surface area contributed by atoms with E-state index < -0.39 is 76.6 Å². The molecule has 0 spiro atoms. The molecule has 24 heavy (non-hydrogen) atoms. The van der Waals surface area contributed by atoms with Gasteiger partial charge < -0.3 is 0 Å². The molecule has 0 fully saturated rings. The molecule has 0 bridgehead atoms. The van der Waals surface area contributed by atoms with Crippen molar-refractivity contribution in [3.05, 3.63) is 58.2 Å². The Morgan fingerprint density at radius 1 is 0.375 bits per heavy atom. The van der Waals surface area contributed by atoms with Gasteiger partial charge in [0.2, 0.25) is 58.2 Å². The van der Waals surface area contributed by atoms with Gasteiger partial charge in [0.15, 0.2) is 0 Å². The molecule has 0 saturated carbocycles. The largest absolute Gasteiger partial charge is 0.428 e. The second kappa shape index (κ2) is 6.04. The predicted molar refractivity (Wildman–Crippen MR) is 59.3 cm³/mol. The number of rotatable bonds is 2. The SMILES string of the molecule is O=[P+](c1c(F)c(F)c(F)c(F)c1F)c1c(F)c(F)c(F)c(F)c1F. The van der Waals surface area contributed by atoms with E-state index >= 15 is 0 Å². The molecule has 0 unspecified atom stereocenters. The third kappa shape index (κ3) is 2.43. The Labute approximate surface area is 126 Å². The highest BCUT2D eigenvalue weighted by Gasteiger charge is 2.45. The Morgan fingerprint density at radius 3 is 0.750 bits per heavy atom. The fourth-order valence-corrected chi connectivity index (χ4v) is 2.98. The maximum atomic E-state index is 13.5. The van der Waals surface area contributed by atoms with Gasteiger partial charge in [0, 0.05) is 0 Å². The first-order valence-electron chi connectivity index (χ1n) is 5.52. The summed E-state index contributed by atoms with van der Waals surface area (Å²) in [6, 6.07) is 0. The maximum absolute atomic E-state index is 13.5. The van der Waals surface area contributed by atoms with E-state index in [4.69, 9.17) is 0 Å². The van der Waals surface area contributed by atoms with Crippen LogP contribution in [0.3, 0.4) is 0 Å². The lowest BCUT2D eigenvalue weighted by Gasteiger charge is -2.03. The lowest BCUT2D eigenvalue weighted by Crippen LogP contribution is -2.25. The Hall–Kier alpha value is -2.16. The van der Waals surface area contributed by atoms with Crippen LogP contribution in [0.15, 0.2) is 0 Å². The first-order chi connectivity index (χ1) is 11.0. The molecule has 2 aromatic rings. The summed E-state index contributed by atoms with van der Waals surface area (Å²) >= 11 is 0. The third-order valence-electron chi connectivity index (χ3n) is 2.78. The minimum absolute atomic E-state index is 2.22. The number of benzene rings is 2. The zero-order valence-electron chi connectivity index (χ0n) is 10.6. The summed E-state index contributed by atoms with van der Waals surface area (Å²) in [6.45, 7) is 0. The molecule has 0 N–H and O–H groups in total. The minimum atomic E-state index is -4.39. The number of hydrogen-bond donors (Lipinski definition) is 0. The van der Waals surface area contributed by atoms with E-state index in [0.717, 1.165) is 0 Å². The number of halogens is 10. The van der Waals surface area contributed by atoms with Gasteiger partial charge in [0.25, 0.3) is 10.6 Å². The van der Waals surface area contributed by atoms with E-state index in [-0.39, 0.29) is 0 Å². The zero-order valence-corrected chi connectivity index (χ0v) is 11.5. The first-order valence-corrected chi connectivity index (χ1v) is 6.78. The van der Waals surface area contributed by atoms with Crippen molar-refractivity contribution in [1.82, 2.24) is 0 Å². The second-order valence-corrected chi connectivity index (χ2v) is 5.61. The summed E-state index contributed by atoms with van der Waals surface area (Å²) in [5.74, 6) is -26.6. The summed E-state index contributed by atoms with van der Waals surface area (Å²) in [5, 5.41) is -4.44. The molecule has 0 aromatic heterocycles. The van der Waals surface area contributed by atoms with Crippen molar-refractivity contribution in [1.29, 1.82) is 0 Å². The van der Waals surface area contributed by atoms with Crippen LogP contribution in [0.2, 0.25) is 0 Å². The van der Waals surface area contributed by atoms with Crippen LogP contribution in [0.25, 0.3) is 0 Å². The van der Waals surface area contributed by atoms with Crippen molar-refractivity contribution < 1.29 is 48.5 Å². The summed E-state index contributed by atoms with van der Waals surface area (Å²) in [6.07, 6.45) is 0. The quantitative estimate of drug-likeness (QED) is 0.334. The lowest BCUT2D eigenvalue weighted by molar-refractivity contribution is 0.382. The van der Waals surface area contributed by atoms with Crippen molar-refractivity contribution in [3.63, 3.8) is 0 Å². The third-order valence-corrected chi connectivity index (χ3v) is 4.38. The monoisotopic (exact) mass is 381 g/mol. The van der Waals surface area contributed by atoms with E-state index in [2.05, 4.69) is 0 Å². The molecule has 2 aromatic carbocycles. The Kier molecular flexibility index (Phi) is 4.58. The van der Waals surface area contributed by atoms with Crippen LogP contribution >= 0.6 is 7.80 Å². The van der Waals surface area contributed by atoms with Crippen molar-refractivity contribution in [2.75, 3.05) is 0 Å². The molecule has 0 saturated heterocycles. The minimum Gasteiger partial charge on any atom is -0.200 e. The summed E-state index contributed by atoms with van der Waals surface area (Å²) in [4.78, 5) is 0. The molecule has 0 aliphatic heterocycles. The highest BCUT2D eigenvalue weighted by Crippen LogP contribution is 2.31. The van der Waals surface area contributed by atoms with Crippen LogP contribution in [0.5, 0.6) is 0 Å². The molecule has 12 heteroatoms. The first kappa shape index (κ1) is 18.2.